The van der Waals surface area contributed by atoms with Gasteiger partial charge in [0.2, 0.25) is 10.0 Å². The van der Waals surface area contributed by atoms with E-state index in [2.05, 4.69) is 23.2 Å². The van der Waals surface area contributed by atoms with Crippen molar-refractivity contribution in [2.45, 2.75) is 30.6 Å². The minimum atomic E-state index is -3.72. The van der Waals surface area contributed by atoms with Crippen molar-refractivity contribution in [3.63, 3.8) is 0 Å². The Labute approximate surface area is 157 Å². The molecule has 0 spiro atoms. The number of hydrogen-bond acceptors (Lipinski definition) is 5. The number of aryl methyl sites for hydroxylation is 2. The molecule has 0 saturated carbocycles. The van der Waals surface area contributed by atoms with Gasteiger partial charge in [0.25, 0.3) is 0 Å². The molecular weight excluding hydrogens is 364 g/mol. The van der Waals surface area contributed by atoms with Crippen molar-refractivity contribution in [1.82, 2.24) is 23.7 Å². The van der Waals surface area contributed by atoms with Gasteiger partial charge in [0.05, 0.1) is 11.7 Å². The Morgan fingerprint density at radius 1 is 1.26 bits per heavy atom. The molecule has 0 N–H and O–H groups in total. The lowest BCUT2D eigenvalue weighted by molar-refractivity contribution is 0.318. The number of piperidine rings is 1. The summed E-state index contributed by atoms with van der Waals surface area (Å²) in [6.45, 7) is 2.92. The Kier molecular flexibility index (Phi) is 4.25. The second kappa shape index (κ2) is 6.48. The van der Waals surface area contributed by atoms with E-state index >= 15 is 0 Å². The standard InChI is InChI=1S/C18H20N6O2S/c1-13-9-15-3-6-20-24(15)12-16(13)14-4-7-23(8-5-14)27(25,26)18-11-21-22(2)17(18)10-19/h3,6,9,11-12,14H,4-5,7-8H2,1-2H3. The predicted molar refractivity (Wildman–Crippen MR) is 98.6 cm³/mol. The first-order valence-corrected chi connectivity index (χ1v) is 10.2. The molecule has 0 aromatic carbocycles. The maximum Gasteiger partial charge on any atom is 0.247 e. The minimum absolute atomic E-state index is 0.0138. The molecule has 0 bridgehead atoms. The van der Waals surface area contributed by atoms with Crippen molar-refractivity contribution in [3.8, 4) is 6.07 Å². The van der Waals surface area contributed by atoms with Crippen molar-refractivity contribution < 1.29 is 8.42 Å². The summed E-state index contributed by atoms with van der Waals surface area (Å²) in [5.41, 5.74) is 3.53. The van der Waals surface area contributed by atoms with Crippen LogP contribution in [0.5, 0.6) is 0 Å². The topological polar surface area (TPSA) is 96.3 Å². The summed E-state index contributed by atoms with van der Waals surface area (Å²) in [5.74, 6) is 0.286. The van der Waals surface area contributed by atoms with E-state index in [-0.39, 0.29) is 16.5 Å². The number of fused-ring (bicyclic) bond motifs is 1. The molecule has 1 fully saturated rings. The molecule has 140 valence electrons. The minimum Gasteiger partial charge on any atom is -0.257 e. The van der Waals surface area contributed by atoms with Gasteiger partial charge in [-0.1, -0.05) is 0 Å². The van der Waals surface area contributed by atoms with Crippen LogP contribution in [0, 0.1) is 18.3 Å². The number of hydrogen-bond donors (Lipinski definition) is 0. The number of nitriles is 1. The first-order chi connectivity index (χ1) is 12.9. The van der Waals surface area contributed by atoms with Crippen LogP contribution in [0.4, 0.5) is 0 Å². The Morgan fingerprint density at radius 3 is 2.70 bits per heavy atom. The molecule has 0 amide bonds. The SMILES string of the molecule is Cc1cc2ccnn2cc1C1CCN(S(=O)(=O)c2cnn(C)c2C#N)CC1. The predicted octanol–water partition coefficient (Wildman–Crippen LogP) is 1.82. The van der Waals surface area contributed by atoms with Crippen LogP contribution in [0.3, 0.4) is 0 Å². The van der Waals surface area contributed by atoms with Gasteiger partial charge in [0.1, 0.15) is 11.0 Å². The zero-order valence-corrected chi connectivity index (χ0v) is 16.0. The van der Waals surface area contributed by atoms with Crippen LogP contribution >= 0.6 is 0 Å². The van der Waals surface area contributed by atoms with Crippen molar-refractivity contribution in [2.24, 2.45) is 7.05 Å². The molecule has 1 saturated heterocycles. The summed E-state index contributed by atoms with van der Waals surface area (Å²) in [6.07, 6.45) is 6.54. The van der Waals surface area contributed by atoms with E-state index < -0.39 is 10.0 Å². The third-order valence-corrected chi connectivity index (χ3v) is 7.20. The van der Waals surface area contributed by atoms with Gasteiger partial charge in [-0.25, -0.2) is 12.9 Å². The molecule has 9 heteroatoms. The van der Waals surface area contributed by atoms with Gasteiger partial charge in [-0.3, -0.25) is 4.68 Å². The highest BCUT2D eigenvalue weighted by molar-refractivity contribution is 7.89. The molecule has 0 unspecified atom stereocenters. The van der Waals surface area contributed by atoms with E-state index in [1.54, 1.807) is 13.2 Å². The molecule has 0 aliphatic carbocycles. The van der Waals surface area contributed by atoms with E-state index in [0.717, 1.165) is 18.4 Å². The zero-order valence-electron chi connectivity index (χ0n) is 15.2. The van der Waals surface area contributed by atoms with Crippen molar-refractivity contribution in [1.29, 1.82) is 5.26 Å². The average molecular weight is 384 g/mol. The highest BCUT2D eigenvalue weighted by Crippen LogP contribution is 2.33. The maximum atomic E-state index is 12.9. The molecule has 1 aliphatic rings. The third-order valence-electron chi connectivity index (χ3n) is 5.30. The summed E-state index contributed by atoms with van der Waals surface area (Å²) in [4.78, 5) is -0.0138. The van der Waals surface area contributed by atoms with E-state index in [1.807, 2.05) is 22.8 Å². The summed E-state index contributed by atoms with van der Waals surface area (Å²) in [5, 5.41) is 17.5. The van der Waals surface area contributed by atoms with Crippen molar-refractivity contribution in [2.75, 3.05) is 13.1 Å². The lowest BCUT2D eigenvalue weighted by atomic mass is 9.88. The summed E-state index contributed by atoms with van der Waals surface area (Å²) in [7, 11) is -2.15. The fraction of sp³-hybridized carbons (Fsp3) is 0.389. The first-order valence-electron chi connectivity index (χ1n) is 8.78. The van der Waals surface area contributed by atoms with Crippen LogP contribution in [0.15, 0.2) is 35.6 Å². The highest BCUT2D eigenvalue weighted by atomic mass is 32.2. The van der Waals surface area contributed by atoms with E-state index in [9.17, 15) is 13.7 Å². The van der Waals surface area contributed by atoms with E-state index in [4.69, 9.17) is 0 Å². The van der Waals surface area contributed by atoms with Crippen LogP contribution in [-0.4, -0.2) is 45.2 Å². The second-order valence-electron chi connectivity index (χ2n) is 6.88. The molecule has 1 aliphatic heterocycles. The van der Waals surface area contributed by atoms with Gasteiger partial charge in [-0.2, -0.15) is 19.8 Å². The smallest absolute Gasteiger partial charge is 0.247 e. The average Bonchev–Trinajstić information content (AvgIpc) is 3.26. The Morgan fingerprint density at radius 2 is 2.00 bits per heavy atom. The van der Waals surface area contributed by atoms with Gasteiger partial charge in [-0.15, -0.1) is 0 Å². The van der Waals surface area contributed by atoms with Gasteiger partial charge in [0.15, 0.2) is 5.69 Å². The van der Waals surface area contributed by atoms with Crippen LogP contribution < -0.4 is 0 Å². The van der Waals surface area contributed by atoms with Crippen LogP contribution in [-0.2, 0) is 17.1 Å². The first kappa shape index (κ1) is 17.7. The van der Waals surface area contributed by atoms with E-state index in [0.29, 0.717) is 13.1 Å². The number of rotatable bonds is 3. The fourth-order valence-electron chi connectivity index (χ4n) is 3.79. The Balaban J connectivity index is 1.56. The fourth-order valence-corrected chi connectivity index (χ4v) is 5.36. The zero-order chi connectivity index (χ0) is 19.2. The number of aromatic nitrogens is 4. The molecule has 4 heterocycles. The molecule has 0 radical (unpaired) electrons. The second-order valence-corrected chi connectivity index (χ2v) is 8.79. The number of pyridine rings is 1. The summed E-state index contributed by atoms with van der Waals surface area (Å²) in [6, 6.07) is 6.01. The van der Waals surface area contributed by atoms with Crippen molar-refractivity contribution in [3.05, 3.63) is 47.5 Å². The highest BCUT2D eigenvalue weighted by Gasteiger charge is 2.33. The van der Waals surface area contributed by atoms with E-state index in [1.165, 1.54) is 26.3 Å². The molecule has 27 heavy (non-hydrogen) atoms. The number of sulfonamides is 1. The maximum absolute atomic E-state index is 12.9. The Bertz CT molecular complexity index is 1150. The van der Waals surface area contributed by atoms with Crippen LogP contribution in [0.2, 0.25) is 0 Å². The van der Waals surface area contributed by atoms with Gasteiger partial charge in [-0.05, 0) is 48.9 Å². The molecule has 8 nitrogen and oxygen atoms in total. The summed E-state index contributed by atoms with van der Waals surface area (Å²) >= 11 is 0. The lowest BCUT2D eigenvalue weighted by Gasteiger charge is -2.31. The van der Waals surface area contributed by atoms with Crippen molar-refractivity contribution >= 4 is 15.5 Å². The molecular formula is C18H20N6O2S. The largest absolute Gasteiger partial charge is 0.257 e. The lowest BCUT2D eigenvalue weighted by Crippen LogP contribution is -2.38. The molecule has 0 atom stereocenters. The normalized spacial score (nSPS) is 16.6. The summed E-state index contributed by atoms with van der Waals surface area (Å²) < 4.78 is 30.5. The monoisotopic (exact) mass is 384 g/mol. The van der Waals surface area contributed by atoms with Gasteiger partial charge in [0, 0.05) is 32.5 Å². The molecule has 3 aromatic heterocycles. The molecule has 3 aromatic rings. The van der Waals surface area contributed by atoms with Crippen LogP contribution in [0.25, 0.3) is 5.52 Å². The van der Waals surface area contributed by atoms with Crippen LogP contribution in [0.1, 0.15) is 35.6 Å². The van der Waals surface area contributed by atoms with Gasteiger partial charge < -0.3 is 0 Å². The quantitative estimate of drug-likeness (QED) is 0.686. The Hall–Kier alpha value is -2.70. The number of nitrogens with zero attached hydrogens (tertiary/aromatic N) is 6. The van der Waals surface area contributed by atoms with Gasteiger partial charge >= 0.3 is 0 Å². The third kappa shape index (κ3) is 2.91. The molecule has 4 rings (SSSR count).